The van der Waals surface area contributed by atoms with E-state index in [2.05, 4.69) is 15.5 Å². The first-order chi connectivity index (χ1) is 6.18. The summed E-state index contributed by atoms with van der Waals surface area (Å²) in [6.45, 7) is 1.66. The van der Waals surface area contributed by atoms with E-state index in [1.54, 1.807) is 13.1 Å². The predicted octanol–water partition coefficient (Wildman–Crippen LogP) is 0.509. The number of nitrogens with zero attached hydrogens (tertiary/aromatic N) is 1. The molecule has 0 radical (unpaired) electrons. The molecule has 5 nitrogen and oxygen atoms in total. The normalized spacial score (nSPS) is 12.5. The average Bonchev–Trinajstić information content (AvgIpc) is 2.53. The summed E-state index contributed by atoms with van der Waals surface area (Å²) in [4.78, 5) is 11.2. The number of aliphatic hydroxyl groups excluding tert-OH is 1. The van der Waals surface area contributed by atoms with E-state index in [0.29, 0.717) is 18.5 Å². The standard InChI is InChI=1S/C8H13N3O2/c1-6(12)2-3-8(13)11-7-4-9-10-5-7/h4-6,12H,2-3H2,1H3,(H,9,10)(H,11,13). The van der Waals surface area contributed by atoms with Crippen molar-refractivity contribution in [3.05, 3.63) is 12.4 Å². The first-order valence-electron chi connectivity index (χ1n) is 4.15. The average molecular weight is 183 g/mol. The van der Waals surface area contributed by atoms with Gasteiger partial charge >= 0.3 is 0 Å². The Balaban J connectivity index is 2.26. The zero-order valence-corrected chi connectivity index (χ0v) is 7.45. The van der Waals surface area contributed by atoms with Crippen LogP contribution in [0.15, 0.2) is 12.4 Å². The van der Waals surface area contributed by atoms with Crippen LogP contribution in [0.4, 0.5) is 5.69 Å². The summed E-state index contributed by atoms with van der Waals surface area (Å²) in [5.74, 6) is -0.109. The van der Waals surface area contributed by atoms with E-state index in [0.717, 1.165) is 0 Å². The fraction of sp³-hybridized carbons (Fsp3) is 0.500. The molecule has 1 aromatic heterocycles. The minimum atomic E-state index is -0.435. The van der Waals surface area contributed by atoms with E-state index in [9.17, 15) is 4.79 Å². The Labute approximate surface area is 76.2 Å². The summed E-state index contributed by atoms with van der Waals surface area (Å²) in [7, 11) is 0. The molecular formula is C8H13N3O2. The smallest absolute Gasteiger partial charge is 0.224 e. The third kappa shape index (κ3) is 3.71. The molecule has 0 fully saturated rings. The van der Waals surface area contributed by atoms with Gasteiger partial charge in [-0.3, -0.25) is 9.89 Å². The van der Waals surface area contributed by atoms with Gasteiger partial charge in [-0.05, 0) is 13.3 Å². The lowest BCUT2D eigenvalue weighted by molar-refractivity contribution is -0.116. The fourth-order valence-electron chi connectivity index (χ4n) is 0.883. The Morgan fingerprint density at radius 3 is 3.15 bits per heavy atom. The van der Waals surface area contributed by atoms with Gasteiger partial charge in [0.2, 0.25) is 5.91 Å². The van der Waals surface area contributed by atoms with E-state index >= 15 is 0 Å². The molecule has 1 atom stereocenters. The highest BCUT2D eigenvalue weighted by molar-refractivity contribution is 5.90. The monoisotopic (exact) mass is 183 g/mol. The summed E-state index contributed by atoms with van der Waals surface area (Å²) < 4.78 is 0. The number of amides is 1. The van der Waals surface area contributed by atoms with Gasteiger partial charge in [0.05, 0.1) is 18.0 Å². The molecule has 72 valence electrons. The summed E-state index contributed by atoms with van der Waals surface area (Å²) in [6.07, 6.45) is 3.49. The SMILES string of the molecule is CC(O)CCC(=O)Nc1cn[nH]c1. The number of carbonyl (C=O) groups excluding carboxylic acids is 1. The van der Waals surface area contributed by atoms with Crippen molar-refractivity contribution in [1.29, 1.82) is 0 Å². The third-order valence-electron chi connectivity index (χ3n) is 1.57. The Bertz CT molecular complexity index is 256. The third-order valence-corrected chi connectivity index (χ3v) is 1.57. The minimum Gasteiger partial charge on any atom is -0.393 e. The molecule has 13 heavy (non-hydrogen) atoms. The van der Waals surface area contributed by atoms with Gasteiger partial charge in [-0.25, -0.2) is 0 Å². The molecule has 0 aliphatic rings. The molecular weight excluding hydrogens is 170 g/mol. The van der Waals surface area contributed by atoms with E-state index in [1.807, 2.05) is 0 Å². The van der Waals surface area contributed by atoms with Crippen molar-refractivity contribution in [2.75, 3.05) is 5.32 Å². The van der Waals surface area contributed by atoms with Crippen LogP contribution in [-0.4, -0.2) is 27.3 Å². The predicted molar refractivity (Wildman–Crippen MR) is 48.1 cm³/mol. The van der Waals surface area contributed by atoms with E-state index in [-0.39, 0.29) is 5.91 Å². The summed E-state index contributed by atoms with van der Waals surface area (Å²) in [5, 5.41) is 17.8. The topological polar surface area (TPSA) is 78.0 Å². The second-order valence-corrected chi connectivity index (χ2v) is 2.92. The van der Waals surface area contributed by atoms with Gasteiger partial charge in [-0.15, -0.1) is 0 Å². The van der Waals surface area contributed by atoms with Crippen LogP contribution in [-0.2, 0) is 4.79 Å². The highest BCUT2D eigenvalue weighted by atomic mass is 16.3. The molecule has 3 N–H and O–H groups in total. The van der Waals surface area contributed by atoms with Crippen LogP contribution in [0.2, 0.25) is 0 Å². The van der Waals surface area contributed by atoms with Crippen LogP contribution in [0.3, 0.4) is 0 Å². The maximum atomic E-state index is 11.2. The van der Waals surface area contributed by atoms with Gasteiger partial charge in [0.15, 0.2) is 0 Å². The molecule has 0 aliphatic heterocycles. The zero-order chi connectivity index (χ0) is 9.68. The number of carbonyl (C=O) groups is 1. The molecule has 0 saturated heterocycles. The largest absolute Gasteiger partial charge is 0.393 e. The first-order valence-corrected chi connectivity index (χ1v) is 4.15. The van der Waals surface area contributed by atoms with E-state index < -0.39 is 6.10 Å². The van der Waals surface area contributed by atoms with Crippen molar-refractivity contribution < 1.29 is 9.90 Å². The van der Waals surface area contributed by atoms with Crippen LogP contribution in [0.1, 0.15) is 19.8 Å². The summed E-state index contributed by atoms with van der Waals surface area (Å²) in [6, 6.07) is 0. The number of anilines is 1. The highest BCUT2D eigenvalue weighted by Crippen LogP contribution is 2.03. The van der Waals surface area contributed by atoms with Crippen LogP contribution in [0, 0.1) is 0 Å². The van der Waals surface area contributed by atoms with Gasteiger partial charge in [0.25, 0.3) is 0 Å². The zero-order valence-electron chi connectivity index (χ0n) is 7.45. The molecule has 0 saturated carbocycles. The Morgan fingerprint density at radius 1 is 1.85 bits per heavy atom. The van der Waals surface area contributed by atoms with Crippen LogP contribution >= 0.6 is 0 Å². The van der Waals surface area contributed by atoms with Gasteiger partial charge in [0, 0.05) is 12.6 Å². The quantitative estimate of drug-likeness (QED) is 0.636. The summed E-state index contributed by atoms with van der Waals surface area (Å²) >= 11 is 0. The molecule has 1 aromatic rings. The van der Waals surface area contributed by atoms with Crippen molar-refractivity contribution in [2.45, 2.75) is 25.9 Å². The molecule has 0 bridgehead atoms. The molecule has 0 aromatic carbocycles. The number of aromatic amines is 1. The number of aromatic nitrogens is 2. The molecule has 1 unspecified atom stereocenters. The van der Waals surface area contributed by atoms with Crippen molar-refractivity contribution >= 4 is 11.6 Å². The van der Waals surface area contributed by atoms with E-state index in [4.69, 9.17) is 5.11 Å². The van der Waals surface area contributed by atoms with Crippen LogP contribution in [0.5, 0.6) is 0 Å². The van der Waals surface area contributed by atoms with Crippen molar-refractivity contribution in [3.8, 4) is 0 Å². The summed E-state index contributed by atoms with van der Waals surface area (Å²) in [5.41, 5.74) is 0.649. The van der Waals surface area contributed by atoms with Gasteiger partial charge in [-0.2, -0.15) is 5.10 Å². The fourth-order valence-corrected chi connectivity index (χ4v) is 0.883. The number of nitrogens with one attached hydrogen (secondary N) is 2. The second kappa shape index (κ2) is 4.61. The van der Waals surface area contributed by atoms with Crippen LogP contribution < -0.4 is 5.32 Å². The number of hydrogen-bond donors (Lipinski definition) is 3. The molecule has 1 amide bonds. The maximum absolute atomic E-state index is 11.2. The minimum absolute atomic E-state index is 0.109. The lowest BCUT2D eigenvalue weighted by Crippen LogP contribution is -2.13. The lowest BCUT2D eigenvalue weighted by Gasteiger charge is -2.03. The molecule has 0 aliphatic carbocycles. The van der Waals surface area contributed by atoms with Gasteiger partial charge in [0.1, 0.15) is 0 Å². The molecule has 0 spiro atoms. The maximum Gasteiger partial charge on any atom is 0.224 e. The Kier molecular flexibility index (Phi) is 3.45. The van der Waals surface area contributed by atoms with Gasteiger partial charge in [-0.1, -0.05) is 0 Å². The first kappa shape index (κ1) is 9.73. The second-order valence-electron chi connectivity index (χ2n) is 2.92. The van der Waals surface area contributed by atoms with E-state index in [1.165, 1.54) is 6.20 Å². The number of hydrogen-bond acceptors (Lipinski definition) is 3. The Morgan fingerprint density at radius 2 is 2.62 bits per heavy atom. The van der Waals surface area contributed by atoms with Gasteiger partial charge < -0.3 is 10.4 Å². The highest BCUT2D eigenvalue weighted by Gasteiger charge is 2.04. The number of rotatable bonds is 4. The molecule has 5 heteroatoms. The number of aliphatic hydroxyl groups is 1. The molecule has 1 rings (SSSR count). The van der Waals surface area contributed by atoms with Crippen molar-refractivity contribution in [3.63, 3.8) is 0 Å². The lowest BCUT2D eigenvalue weighted by atomic mass is 10.2. The van der Waals surface area contributed by atoms with Crippen molar-refractivity contribution in [1.82, 2.24) is 10.2 Å². The number of H-pyrrole nitrogens is 1. The van der Waals surface area contributed by atoms with Crippen molar-refractivity contribution in [2.24, 2.45) is 0 Å². The van der Waals surface area contributed by atoms with Crippen LogP contribution in [0.25, 0.3) is 0 Å². The molecule has 1 heterocycles. The Hall–Kier alpha value is -1.36.